The van der Waals surface area contributed by atoms with E-state index in [4.69, 9.17) is 4.74 Å². The Bertz CT molecular complexity index is 632. The molecule has 2 unspecified atom stereocenters. The Morgan fingerprint density at radius 3 is 3.10 bits per heavy atom. The molecule has 2 atom stereocenters. The first-order valence-electron chi connectivity index (χ1n) is 8.05. The maximum atomic E-state index is 6.08. The van der Waals surface area contributed by atoms with Crippen LogP contribution in [0.5, 0.6) is 0 Å². The third-order valence-corrected chi connectivity index (χ3v) is 5.37. The van der Waals surface area contributed by atoms with Crippen molar-refractivity contribution in [2.45, 2.75) is 43.7 Å². The maximum absolute atomic E-state index is 6.08. The molecule has 2 fully saturated rings. The van der Waals surface area contributed by atoms with Gasteiger partial charge in [-0.05, 0) is 57.2 Å². The quantitative estimate of drug-likeness (QED) is 0.942. The molecule has 3 heterocycles. The van der Waals surface area contributed by atoms with E-state index < -0.39 is 0 Å². The van der Waals surface area contributed by atoms with Gasteiger partial charge < -0.3 is 10.1 Å². The number of ether oxygens (including phenoxy) is 1. The molecule has 1 saturated carbocycles. The highest BCUT2D eigenvalue weighted by molar-refractivity contribution is 5.55. The number of rotatable bonds is 3. The Hall–Kier alpha value is -1.39. The summed E-state index contributed by atoms with van der Waals surface area (Å²) in [7, 11) is 2.07. The smallest absolute Gasteiger partial charge is 0.0709 e. The van der Waals surface area contributed by atoms with Gasteiger partial charge >= 0.3 is 0 Å². The minimum absolute atomic E-state index is 0.195. The standard InChI is InChI=1S/C17H23N3O/c1-18-16(13-6-10-21-17(11-13)7-4-8-17)14-12-19-20-9-3-2-5-15(14)20/h2-3,5,9,12-13,16,18H,4,6-8,10-11H2,1H3. The van der Waals surface area contributed by atoms with Crippen LogP contribution in [-0.4, -0.2) is 28.9 Å². The van der Waals surface area contributed by atoms with Gasteiger partial charge in [-0.3, -0.25) is 0 Å². The normalized spacial score (nSPS) is 25.9. The van der Waals surface area contributed by atoms with Crippen LogP contribution < -0.4 is 5.32 Å². The summed E-state index contributed by atoms with van der Waals surface area (Å²) in [5.74, 6) is 0.636. The lowest BCUT2D eigenvalue weighted by Gasteiger charge is -2.48. The Kier molecular flexibility index (Phi) is 3.23. The van der Waals surface area contributed by atoms with Crippen LogP contribution >= 0.6 is 0 Å². The Labute approximate surface area is 125 Å². The third-order valence-electron chi connectivity index (χ3n) is 5.37. The second-order valence-corrected chi connectivity index (χ2v) is 6.53. The van der Waals surface area contributed by atoms with Crippen molar-refractivity contribution in [2.24, 2.45) is 5.92 Å². The molecule has 1 saturated heterocycles. The monoisotopic (exact) mass is 285 g/mol. The number of aromatic nitrogens is 2. The summed E-state index contributed by atoms with van der Waals surface area (Å²) in [6, 6.07) is 6.64. The highest BCUT2D eigenvalue weighted by Gasteiger charge is 2.44. The molecule has 1 N–H and O–H groups in total. The predicted octanol–water partition coefficient (Wildman–Crippen LogP) is 2.94. The first-order chi connectivity index (χ1) is 10.3. The van der Waals surface area contributed by atoms with Crippen molar-refractivity contribution >= 4 is 5.52 Å². The highest BCUT2D eigenvalue weighted by Crippen LogP contribution is 2.47. The molecule has 1 spiro atoms. The summed E-state index contributed by atoms with van der Waals surface area (Å²) in [5, 5.41) is 8.04. The van der Waals surface area contributed by atoms with Gasteiger partial charge in [0.25, 0.3) is 0 Å². The number of fused-ring (bicyclic) bond motifs is 1. The van der Waals surface area contributed by atoms with Crippen LogP contribution in [0.15, 0.2) is 30.6 Å². The highest BCUT2D eigenvalue weighted by atomic mass is 16.5. The number of hydrogen-bond donors (Lipinski definition) is 1. The minimum Gasteiger partial charge on any atom is -0.375 e. The van der Waals surface area contributed by atoms with E-state index in [0.717, 1.165) is 13.0 Å². The molecule has 2 aromatic heterocycles. The first-order valence-corrected chi connectivity index (χ1v) is 8.05. The van der Waals surface area contributed by atoms with Gasteiger partial charge in [0.15, 0.2) is 0 Å². The Morgan fingerprint density at radius 2 is 2.33 bits per heavy atom. The van der Waals surface area contributed by atoms with Crippen LogP contribution in [-0.2, 0) is 4.74 Å². The van der Waals surface area contributed by atoms with Gasteiger partial charge in [0, 0.05) is 24.4 Å². The summed E-state index contributed by atoms with van der Waals surface area (Å²) in [4.78, 5) is 0. The van der Waals surface area contributed by atoms with Crippen LogP contribution in [0.2, 0.25) is 0 Å². The minimum atomic E-state index is 0.195. The van der Waals surface area contributed by atoms with E-state index in [2.05, 4.69) is 29.6 Å². The Balaban J connectivity index is 1.64. The molecule has 1 aliphatic heterocycles. The van der Waals surface area contributed by atoms with E-state index in [9.17, 15) is 0 Å². The molecular weight excluding hydrogens is 262 g/mol. The molecule has 21 heavy (non-hydrogen) atoms. The van der Waals surface area contributed by atoms with Crippen LogP contribution in [0.1, 0.15) is 43.7 Å². The molecular formula is C17H23N3O. The van der Waals surface area contributed by atoms with Crippen LogP contribution in [0.25, 0.3) is 5.52 Å². The molecule has 0 aromatic carbocycles. The maximum Gasteiger partial charge on any atom is 0.0709 e. The van der Waals surface area contributed by atoms with Gasteiger partial charge in [-0.1, -0.05) is 6.07 Å². The number of hydrogen-bond acceptors (Lipinski definition) is 3. The van der Waals surface area contributed by atoms with Crippen molar-refractivity contribution in [1.82, 2.24) is 14.9 Å². The largest absolute Gasteiger partial charge is 0.375 e. The zero-order valence-corrected chi connectivity index (χ0v) is 12.6. The van der Waals surface area contributed by atoms with Crippen LogP contribution in [0.3, 0.4) is 0 Å². The van der Waals surface area contributed by atoms with Crippen molar-refractivity contribution in [3.63, 3.8) is 0 Å². The average Bonchev–Trinajstić information content (AvgIpc) is 2.91. The van der Waals surface area contributed by atoms with Crippen molar-refractivity contribution in [3.8, 4) is 0 Å². The summed E-state index contributed by atoms with van der Waals surface area (Å²) in [6.07, 6.45) is 10.2. The zero-order valence-electron chi connectivity index (χ0n) is 12.6. The van der Waals surface area contributed by atoms with Crippen molar-refractivity contribution in [2.75, 3.05) is 13.7 Å². The van der Waals surface area contributed by atoms with E-state index in [0.29, 0.717) is 12.0 Å². The molecule has 4 rings (SSSR count). The summed E-state index contributed by atoms with van der Waals surface area (Å²) < 4.78 is 8.05. The first kappa shape index (κ1) is 13.3. The summed E-state index contributed by atoms with van der Waals surface area (Å²) >= 11 is 0. The van der Waals surface area contributed by atoms with Crippen molar-refractivity contribution in [3.05, 3.63) is 36.2 Å². The molecule has 2 aromatic rings. The fourth-order valence-corrected chi connectivity index (χ4v) is 4.11. The van der Waals surface area contributed by atoms with Gasteiger partial charge in [-0.2, -0.15) is 5.10 Å². The molecule has 112 valence electrons. The molecule has 0 bridgehead atoms. The predicted molar refractivity (Wildman–Crippen MR) is 82.3 cm³/mol. The second-order valence-electron chi connectivity index (χ2n) is 6.53. The van der Waals surface area contributed by atoms with Crippen LogP contribution in [0, 0.1) is 5.92 Å². The molecule has 0 radical (unpaired) electrons. The number of nitrogens with zero attached hydrogens (tertiary/aromatic N) is 2. The molecule has 4 heteroatoms. The third kappa shape index (κ3) is 2.17. The van der Waals surface area contributed by atoms with Gasteiger partial charge in [-0.25, -0.2) is 4.52 Å². The van der Waals surface area contributed by atoms with E-state index in [1.807, 2.05) is 23.0 Å². The molecule has 1 aliphatic carbocycles. The number of nitrogens with one attached hydrogen (secondary N) is 1. The summed E-state index contributed by atoms with van der Waals surface area (Å²) in [5.41, 5.74) is 2.73. The fourth-order valence-electron chi connectivity index (χ4n) is 4.11. The van der Waals surface area contributed by atoms with E-state index >= 15 is 0 Å². The van der Waals surface area contributed by atoms with E-state index in [1.165, 1.54) is 36.8 Å². The lowest BCUT2D eigenvalue weighted by molar-refractivity contribution is -0.147. The number of pyridine rings is 1. The Morgan fingerprint density at radius 1 is 1.43 bits per heavy atom. The second kappa shape index (κ2) is 5.11. The van der Waals surface area contributed by atoms with Crippen molar-refractivity contribution < 1.29 is 4.74 Å². The van der Waals surface area contributed by atoms with E-state index in [1.54, 1.807) is 0 Å². The lowest BCUT2D eigenvalue weighted by atomic mass is 9.70. The van der Waals surface area contributed by atoms with Gasteiger partial charge in [0.05, 0.1) is 17.3 Å². The average molecular weight is 285 g/mol. The van der Waals surface area contributed by atoms with Crippen LogP contribution in [0.4, 0.5) is 0 Å². The van der Waals surface area contributed by atoms with Gasteiger partial charge in [0.1, 0.15) is 0 Å². The van der Waals surface area contributed by atoms with Gasteiger partial charge in [-0.15, -0.1) is 0 Å². The zero-order chi connectivity index (χ0) is 14.3. The van der Waals surface area contributed by atoms with Crippen molar-refractivity contribution in [1.29, 1.82) is 0 Å². The topological polar surface area (TPSA) is 38.6 Å². The van der Waals surface area contributed by atoms with Gasteiger partial charge in [0.2, 0.25) is 0 Å². The molecule has 4 nitrogen and oxygen atoms in total. The molecule has 0 amide bonds. The summed E-state index contributed by atoms with van der Waals surface area (Å²) in [6.45, 7) is 0.905. The fraction of sp³-hybridized carbons (Fsp3) is 0.588. The SMILES string of the molecule is CNC(c1cnn2ccccc12)C1CCOC2(CCC2)C1. The van der Waals surface area contributed by atoms with E-state index in [-0.39, 0.29) is 5.60 Å². The lowest BCUT2D eigenvalue weighted by Crippen LogP contribution is -2.47. The molecule has 2 aliphatic rings.